The Morgan fingerprint density at radius 2 is 1.75 bits per heavy atom. The predicted molar refractivity (Wildman–Crippen MR) is 58.1 cm³/mol. The lowest BCUT2D eigenvalue weighted by Crippen LogP contribution is -2.51. The largest absolute Gasteiger partial charge is 0.508 e. The second-order valence-corrected chi connectivity index (χ2v) is 3.88. The van der Waals surface area contributed by atoms with E-state index in [9.17, 15) is 4.79 Å². The van der Waals surface area contributed by atoms with Gasteiger partial charge in [-0.05, 0) is 31.2 Å². The third-order valence-corrected chi connectivity index (χ3v) is 2.24. The number of hydrogen-bond donors (Lipinski definition) is 4. The molecule has 0 aromatic heterocycles. The molecule has 0 unspecified atom stereocenters. The van der Waals surface area contributed by atoms with Crippen molar-refractivity contribution in [2.45, 2.75) is 12.5 Å². The van der Waals surface area contributed by atoms with Gasteiger partial charge in [0.25, 0.3) is 5.91 Å². The van der Waals surface area contributed by atoms with E-state index in [1.54, 1.807) is 0 Å². The Morgan fingerprint density at radius 3 is 2.19 bits per heavy atom. The van der Waals surface area contributed by atoms with Crippen LogP contribution in [-0.2, 0) is 0 Å². The molecule has 0 spiro atoms. The van der Waals surface area contributed by atoms with E-state index in [1.165, 1.54) is 31.2 Å². The van der Waals surface area contributed by atoms with E-state index < -0.39 is 11.4 Å². The van der Waals surface area contributed by atoms with Gasteiger partial charge in [-0.2, -0.15) is 0 Å². The minimum atomic E-state index is -1.05. The lowest BCUT2D eigenvalue weighted by molar-refractivity contribution is 0.0724. The molecule has 1 aromatic rings. The van der Waals surface area contributed by atoms with Crippen LogP contribution in [0.3, 0.4) is 0 Å². The summed E-state index contributed by atoms with van der Waals surface area (Å²) in [6.45, 7) is 0.825. The first-order valence-electron chi connectivity index (χ1n) is 4.84. The number of aliphatic hydroxyl groups is 2. The fourth-order valence-corrected chi connectivity index (χ4v) is 1.09. The van der Waals surface area contributed by atoms with Gasteiger partial charge >= 0.3 is 0 Å². The SMILES string of the molecule is CC(CO)(CO)NC(=O)c1ccc(O)cc1. The highest BCUT2D eigenvalue weighted by Gasteiger charge is 2.24. The molecule has 5 heteroatoms. The van der Waals surface area contributed by atoms with Crippen molar-refractivity contribution in [3.05, 3.63) is 29.8 Å². The second-order valence-electron chi connectivity index (χ2n) is 3.88. The zero-order valence-corrected chi connectivity index (χ0v) is 8.97. The van der Waals surface area contributed by atoms with E-state index in [1.807, 2.05) is 0 Å². The number of hydrogen-bond acceptors (Lipinski definition) is 4. The normalized spacial score (nSPS) is 11.2. The van der Waals surface area contributed by atoms with Crippen LogP contribution < -0.4 is 5.32 Å². The summed E-state index contributed by atoms with van der Waals surface area (Å²) in [4.78, 5) is 11.7. The van der Waals surface area contributed by atoms with Gasteiger partial charge in [0, 0.05) is 5.56 Å². The van der Waals surface area contributed by atoms with Gasteiger partial charge in [-0.3, -0.25) is 4.79 Å². The number of nitrogens with one attached hydrogen (secondary N) is 1. The molecule has 16 heavy (non-hydrogen) atoms. The highest BCUT2D eigenvalue weighted by Crippen LogP contribution is 2.11. The molecule has 1 amide bonds. The number of aromatic hydroxyl groups is 1. The van der Waals surface area contributed by atoms with Crippen molar-refractivity contribution in [1.82, 2.24) is 5.32 Å². The molecule has 0 fully saturated rings. The summed E-state index contributed by atoms with van der Waals surface area (Å²) in [5.74, 6) is -0.339. The average molecular weight is 225 g/mol. The minimum Gasteiger partial charge on any atom is -0.508 e. The zero-order chi connectivity index (χ0) is 12.2. The molecule has 1 aromatic carbocycles. The van der Waals surface area contributed by atoms with Crippen molar-refractivity contribution in [1.29, 1.82) is 0 Å². The smallest absolute Gasteiger partial charge is 0.251 e. The summed E-state index contributed by atoms with van der Waals surface area (Å²) in [7, 11) is 0. The number of aliphatic hydroxyl groups excluding tert-OH is 2. The maximum Gasteiger partial charge on any atom is 0.251 e. The first-order chi connectivity index (χ1) is 7.50. The Labute approximate surface area is 93.4 Å². The van der Waals surface area contributed by atoms with Gasteiger partial charge in [-0.1, -0.05) is 0 Å². The number of amides is 1. The molecule has 0 aliphatic carbocycles. The number of carbonyl (C=O) groups excluding carboxylic acids is 1. The molecule has 0 saturated carbocycles. The third-order valence-electron chi connectivity index (χ3n) is 2.24. The van der Waals surface area contributed by atoms with Crippen molar-refractivity contribution < 1.29 is 20.1 Å². The third kappa shape index (κ3) is 2.95. The van der Waals surface area contributed by atoms with Crippen molar-refractivity contribution in [2.75, 3.05) is 13.2 Å². The number of rotatable bonds is 4. The summed E-state index contributed by atoms with van der Waals surface area (Å²) in [5.41, 5.74) is -0.694. The van der Waals surface area contributed by atoms with Crippen LogP contribution in [0.25, 0.3) is 0 Å². The molecule has 4 N–H and O–H groups in total. The van der Waals surface area contributed by atoms with Crippen LogP contribution in [-0.4, -0.2) is 40.0 Å². The maximum absolute atomic E-state index is 11.7. The van der Waals surface area contributed by atoms with Gasteiger partial charge in [0.15, 0.2) is 0 Å². The lowest BCUT2D eigenvalue weighted by Gasteiger charge is -2.26. The van der Waals surface area contributed by atoms with E-state index in [0.29, 0.717) is 5.56 Å². The summed E-state index contributed by atoms with van der Waals surface area (Å²) in [5, 5.41) is 29.6. The Kier molecular flexibility index (Phi) is 3.87. The zero-order valence-electron chi connectivity index (χ0n) is 8.97. The predicted octanol–water partition coefficient (Wildman–Crippen LogP) is -0.135. The summed E-state index contributed by atoms with van der Waals surface area (Å²) in [6, 6.07) is 5.70. The molecular formula is C11H15NO4. The van der Waals surface area contributed by atoms with Crippen LogP contribution in [0, 0.1) is 0 Å². The van der Waals surface area contributed by atoms with Gasteiger partial charge in [-0.25, -0.2) is 0 Å². The molecule has 0 bridgehead atoms. The fourth-order valence-electron chi connectivity index (χ4n) is 1.09. The topological polar surface area (TPSA) is 89.8 Å². The number of benzene rings is 1. The Hall–Kier alpha value is -1.59. The monoisotopic (exact) mass is 225 g/mol. The maximum atomic E-state index is 11.7. The van der Waals surface area contributed by atoms with E-state index in [0.717, 1.165) is 0 Å². The number of phenolic OH excluding ortho intramolecular Hbond substituents is 1. The van der Waals surface area contributed by atoms with E-state index in [4.69, 9.17) is 15.3 Å². The van der Waals surface area contributed by atoms with Crippen LogP contribution in [0.4, 0.5) is 0 Å². The molecule has 0 heterocycles. The highest BCUT2D eigenvalue weighted by molar-refractivity contribution is 5.94. The average Bonchev–Trinajstić information content (AvgIpc) is 2.29. The standard InChI is InChI=1S/C11H15NO4/c1-11(6-13,7-14)12-10(16)8-2-4-9(15)5-3-8/h2-5,13-15H,6-7H2,1H3,(H,12,16). The van der Waals surface area contributed by atoms with Crippen LogP contribution >= 0.6 is 0 Å². The van der Waals surface area contributed by atoms with Gasteiger partial charge in [0.05, 0.1) is 18.8 Å². The Bertz CT molecular complexity index is 357. The fraction of sp³-hybridized carbons (Fsp3) is 0.364. The molecule has 5 nitrogen and oxygen atoms in total. The molecule has 1 rings (SSSR count). The van der Waals surface area contributed by atoms with Crippen molar-refractivity contribution >= 4 is 5.91 Å². The molecule has 0 radical (unpaired) electrons. The van der Waals surface area contributed by atoms with E-state index in [2.05, 4.69) is 5.32 Å². The van der Waals surface area contributed by atoms with Gasteiger partial charge in [0.2, 0.25) is 0 Å². The highest BCUT2D eigenvalue weighted by atomic mass is 16.3. The summed E-state index contributed by atoms with van der Waals surface area (Å²) in [6.07, 6.45) is 0. The molecular weight excluding hydrogens is 210 g/mol. The van der Waals surface area contributed by atoms with Crippen LogP contribution in [0.1, 0.15) is 17.3 Å². The van der Waals surface area contributed by atoms with E-state index in [-0.39, 0.29) is 19.0 Å². The Morgan fingerprint density at radius 1 is 1.25 bits per heavy atom. The van der Waals surface area contributed by atoms with Gasteiger partial charge in [-0.15, -0.1) is 0 Å². The quantitative estimate of drug-likeness (QED) is 0.574. The minimum absolute atomic E-state index is 0.0728. The molecule has 0 aliphatic heterocycles. The summed E-state index contributed by atoms with van der Waals surface area (Å²) < 4.78 is 0. The van der Waals surface area contributed by atoms with Crippen LogP contribution in [0.5, 0.6) is 5.75 Å². The summed E-state index contributed by atoms with van der Waals surface area (Å²) >= 11 is 0. The number of carbonyl (C=O) groups is 1. The lowest BCUT2D eigenvalue weighted by atomic mass is 10.0. The first kappa shape index (κ1) is 12.5. The Balaban J connectivity index is 2.76. The first-order valence-corrected chi connectivity index (χ1v) is 4.84. The van der Waals surface area contributed by atoms with Crippen molar-refractivity contribution in [3.8, 4) is 5.75 Å². The molecule has 0 saturated heterocycles. The van der Waals surface area contributed by atoms with Crippen molar-refractivity contribution in [3.63, 3.8) is 0 Å². The molecule has 0 atom stereocenters. The van der Waals surface area contributed by atoms with Crippen LogP contribution in [0.2, 0.25) is 0 Å². The molecule has 88 valence electrons. The van der Waals surface area contributed by atoms with Gasteiger partial charge in [0.1, 0.15) is 5.75 Å². The van der Waals surface area contributed by atoms with Gasteiger partial charge < -0.3 is 20.6 Å². The van der Waals surface area contributed by atoms with E-state index >= 15 is 0 Å². The second kappa shape index (κ2) is 4.96. The van der Waals surface area contributed by atoms with Crippen molar-refractivity contribution in [2.24, 2.45) is 0 Å². The van der Waals surface area contributed by atoms with Crippen LogP contribution in [0.15, 0.2) is 24.3 Å². The molecule has 0 aliphatic rings. The number of phenols is 1.